The lowest BCUT2D eigenvalue weighted by molar-refractivity contribution is 0.0614. The Morgan fingerprint density at radius 2 is 1.74 bits per heavy atom. The van der Waals surface area contributed by atoms with Gasteiger partial charge in [0.05, 0.1) is 5.60 Å². The first-order valence-corrected chi connectivity index (χ1v) is 13.4. The molecule has 2 fully saturated rings. The van der Waals surface area contributed by atoms with Crippen molar-refractivity contribution in [3.63, 3.8) is 0 Å². The normalized spacial score (nSPS) is 23.6. The zero-order valence-electron chi connectivity index (χ0n) is 21.1. The van der Waals surface area contributed by atoms with E-state index in [1.807, 2.05) is 12.1 Å². The van der Waals surface area contributed by atoms with Crippen LogP contribution >= 0.6 is 23.2 Å². The fourth-order valence-corrected chi connectivity index (χ4v) is 5.99. The van der Waals surface area contributed by atoms with Crippen LogP contribution in [0, 0.1) is 5.92 Å². The molecule has 2 aliphatic rings. The monoisotopic (exact) mass is 520 g/mol. The van der Waals surface area contributed by atoms with E-state index in [1.54, 1.807) is 0 Å². The van der Waals surface area contributed by atoms with Crippen molar-refractivity contribution in [1.29, 1.82) is 0 Å². The van der Waals surface area contributed by atoms with Crippen LogP contribution in [0.25, 0.3) is 0 Å². The van der Waals surface area contributed by atoms with E-state index in [-0.39, 0.29) is 23.4 Å². The fraction of sp³-hybridized carbons (Fsp3) is 0.615. The molecule has 0 spiro atoms. The standard InChI is InChI=1S/C26H38Cl2N6O/c1-16(2)22(19-7-9-20(27)10-8-19)33-13-18(4)34(14-17(33)3)24-21(29)23(31-25(28)32-24)30-15-26(35)11-5-6-12-26/h7-10,16-18,22,35H,5-6,11-15,29H2,1-4H3,(H,30,31,32)/t17-,18+,22?/m1/s1. The molecule has 0 bridgehead atoms. The number of nitrogens with two attached hydrogens (primary N) is 1. The van der Waals surface area contributed by atoms with E-state index in [2.05, 4.69) is 64.9 Å². The minimum Gasteiger partial charge on any atom is -0.393 e. The number of aromatic nitrogens is 2. The smallest absolute Gasteiger partial charge is 0.226 e. The summed E-state index contributed by atoms with van der Waals surface area (Å²) >= 11 is 12.5. The summed E-state index contributed by atoms with van der Waals surface area (Å²) in [5.41, 5.74) is 7.60. The summed E-state index contributed by atoms with van der Waals surface area (Å²) in [5.74, 6) is 1.58. The molecule has 4 N–H and O–H groups in total. The number of halogens is 2. The SMILES string of the molecule is CC(C)C(c1ccc(Cl)cc1)N1C[C@H](C)N(c2nc(Cl)nc(NCC3(O)CCCC3)c2N)C[C@H]1C. The van der Waals surface area contributed by atoms with Gasteiger partial charge in [0, 0.05) is 42.8 Å². The maximum Gasteiger partial charge on any atom is 0.226 e. The van der Waals surface area contributed by atoms with E-state index in [0.717, 1.165) is 43.8 Å². The number of nitrogens with zero attached hydrogens (tertiary/aromatic N) is 4. The molecule has 1 saturated heterocycles. The van der Waals surface area contributed by atoms with Crippen molar-refractivity contribution in [2.45, 2.75) is 77.1 Å². The highest BCUT2D eigenvalue weighted by Crippen LogP contribution is 2.38. The quantitative estimate of drug-likeness (QED) is 0.422. The Balaban J connectivity index is 1.55. The average Bonchev–Trinajstić information content (AvgIpc) is 3.24. The van der Waals surface area contributed by atoms with E-state index in [9.17, 15) is 5.11 Å². The molecule has 35 heavy (non-hydrogen) atoms. The third kappa shape index (κ3) is 5.79. The van der Waals surface area contributed by atoms with Gasteiger partial charge < -0.3 is 21.1 Å². The molecule has 7 nitrogen and oxygen atoms in total. The van der Waals surface area contributed by atoms with Crippen LogP contribution in [-0.4, -0.2) is 57.3 Å². The summed E-state index contributed by atoms with van der Waals surface area (Å²) in [4.78, 5) is 13.7. The van der Waals surface area contributed by atoms with Gasteiger partial charge in [0.1, 0.15) is 5.69 Å². The molecule has 2 heterocycles. The molecule has 1 saturated carbocycles. The fourth-order valence-electron chi connectivity index (χ4n) is 5.70. The molecule has 9 heteroatoms. The van der Waals surface area contributed by atoms with Crippen LogP contribution in [0.1, 0.15) is 65.0 Å². The number of hydrogen-bond acceptors (Lipinski definition) is 7. The molecule has 0 amide bonds. The van der Waals surface area contributed by atoms with Crippen LogP contribution in [0.3, 0.4) is 0 Å². The van der Waals surface area contributed by atoms with Gasteiger partial charge in [-0.1, -0.05) is 50.4 Å². The van der Waals surface area contributed by atoms with Crippen LogP contribution in [0.4, 0.5) is 17.3 Å². The molecule has 1 aliphatic carbocycles. The van der Waals surface area contributed by atoms with Gasteiger partial charge in [0.2, 0.25) is 5.28 Å². The van der Waals surface area contributed by atoms with Crippen molar-refractivity contribution in [3.05, 3.63) is 40.1 Å². The molecule has 2 aromatic rings. The van der Waals surface area contributed by atoms with Gasteiger partial charge in [0.25, 0.3) is 0 Å². The van der Waals surface area contributed by atoms with E-state index in [0.29, 0.717) is 29.8 Å². The zero-order valence-corrected chi connectivity index (χ0v) is 22.6. The first-order chi connectivity index (χ1) is 16.6. The first kappa shape index (κ1) is 26.3. The van der Waals surface area contributed by atoms with Gasteiger partial charge in [-0.25, -0.2) is 0 Å². The maximum absolute atomic E-state index is 10.7. The third-order valence-corrected chi connectivity index (χ3v) is 7.94. The summed E-state index contributed by atoms with van der Waals surface area (Å²) in [6.45, 7) is 11.0. The van der Waals surface area contributed by atoms with E-state index in [4.69, 9.17) is 28.9 Å². The number of aliphatic hydroxyl groups is 1. The Kier molecular flexibility index (Phi) is 8.01. The van der Waals surface area contributed by atoms with Crippen molar-refractivity contribution in [2.24, 2.45) is 5.92 Å². The number of rotatable bonds is 7. The summed E-state index contributed by atoms with van der Waals surface area (Å²) in [6.07, 6.45) is 3.65. The highest BCUT2D eigenvalue weighted by atomic mass is 35.5. The lowest BCUT2D eigenvalue weighted by atomic mass is 9.91. The number of nitrogen functional groups attached to an aromatic ring is 1. The predicted molar refractivity (Wildman–Crippen MR) is 145 cm³/mol. The number of anilines is 3. The number of benzene rings is 1. The van der Waals surface area contributed by atoms with Crippen LogP contribution in [0.2, 0.25) is 10.3 Å². The second-order valence-corrected chi connectivity index (χ2v) is 11.4. The van der Waals surface area contributed by atoms with Gasteiger partial charge in [0.15, 0.2) is 11.6 Å². The second kappa shape index (κ2) is 10.7. The molecule has 1 aliphatic heterocycles. The van der Waals surface area contributed by atoms with E-state index < -0.39 is 5.60 Å². The Labute approximate surface area is 219 Å². The Bertz CT molecular complexity index is 1010. The molecular weight excluding hydrogens is 483 g/mol. The topological polar surface area (TPSA) is 90.5 Å². The van der Waals surface area contributed by atoms with Crippen LogP contribution in [0.15, 0.2) is 24.3 Å². The Morgan fingerprint density at radius 3 is 2.37 bits per heavy atom. The first-order valence-electron chi connectivity index (χ1n) is 12.6. The zero-order chi connectivity index (χ0) is 25.3. The van der Waals surface area contributed by atoms with Crippen molar-refractivity contribution in [2.75, 3.05) is 35.6 Å². The van der Waals surface area contributed by atoms with Crippen molar-refractivity contribution in [3.8, 4) is 0 Å². The molecule has 192 valence electrons. The van der Waals surface area contributed by atoms with Gasteiger partial charge in [-0.3, -0.25) is 4.90 Å². The lowest BCUT2D eigenvalue weighted by Gasteiger charge is -2.49. The predicted octanol–water partition coefficient (Wildman–Crippen LogP) is 5.38. The summed E-state index contributed by atoms with van der Waals surface area (Å²) in [7, 11) is 0. The van der Waals surface area contributed by atoms with E-state index in [1.165, 1.54) is 5.56 Å². The van der Waals surface area contributed by atoms with Crippen LogP contribution in [0.5, 0.6) is 0 Å². The lowest BCUT2D eigenvalue weighted by Crippen LogP contribution is -2.58. The largest absolute Gasteiger partial charge is 0.393 e. The number of nitrogens with one attached hydrogen (secondary N) is 1. The Morgan fingerprint density at radius 1 is 1.09 bits per heavy atom. The Hall–Kier alpha value is -1.80. The van der Waals surface area contributed by atoms with Gasteiger partial charge in [-0.05, 0) is 61.9 Å². The number of piperazine rings is 1. The molecule has 3 atom stereocenters. The highest BCUT2D eigenvalue weighted by molar-refractivity contribution is 6.30. The molecule has 1 aromatic heterocycles. The summed E-state index contributed by atoms with van der Waals surface area (Å²) in [5, 5.41) is 14.9. The van der Waals surface area contributed by atoms with E-state index >= 15 is 0 Å². The summed E-state index contributed by atoms with van der Waals surface area (Å²) in [6, 6.07) is 8.92. The van der Waals surface area contributed by atoms with Crippen LogP contribution in [-0.2, 0) is 0 Å². The molecular formula is C26H38Cl2N6O. The van der Waals surface area contributed by atoms with Gasteiger partial charge in [-0.2, -0.15) is 9.97 Å². The highest BCUT2D eigenvalue weighted by Gasteiger charge is 2.37. The van der Waals surface area contributed by atoms with Crippen molar-refractivity contribution >= 4 is 40.5 Å². The summed E-state index contributed by atoms with van der Waals surface area (Å²) < 4.78 is 0. The molecule has 1 unspecified atom stereocenters. The van der Waals surface area contributed by atoms with Gasteiger partial charge in [-0.15, -0.1) is 0 Å². The molecule has 0 radical (unpaired) electrons. The second-order valence-electron chi connectivity index (χ2n) is 10.7. The van der Waals surface area contributed by atoms with Crippen LogP contribution < -0.4 is 16.0 Å². The minimum atomic E-state index is -0.717. The average molecular weight is 522 g/mol. The van der Waals surface area contributed by atoms with Crippen molar-refractivity contribution in [1.82, 2.24) is 14.9 Å². The molecule has 1 aromatic carbocycles. The van der Waals surface area contributed by atoms with Gasteiger partial charge >= 0.3 is 0 Å². The number of hydrogen-bond donors (Lipinski definition) is 3. The maximum atomic E-state index is 10.7. The van der Waals surface area contributed by atoms with Crippen molar-refractivity contribution < 1.29 is 5.11 Å². The third-order valence-electron chi connectivity index (χ3n) is 7.52. The minimum absolute atomic E-state index is 0.151. The molecule has 4 rings (SSSR count).